The fourth-order valence-corrected chi connectivity index (χ4v) is 2.28. The van der Waals surface area contributed by atoms with Gasteiger partial charge < -0.3 is 19.7 Å². The van der Waals surface area contributed by atoms with Crippen LogP contribution in [0.1, 0.15) is 19.2 Å². The lowest BCUT2D eigenvalue weighted by atomic mass is 10.3. The maximum Gasteiger partial charge on any atom is 0.123 e. The molecule has 0 atom stereocenters. The van der Waals surface area contributed by atoms with Gasteiger partial charge in [0.25, 0.3) is 0 Å². The van der Waals surface area contributed by atoms with Crippen LogP contribution in [0.4, 0.5) is 0 Å². The Labute approximate surface area is 119 Å². The number of hydrogen-bond acceptors (Lipinski definition) is 4. The van der Waals surface area contributed by atoms with Crippen molar-refractivity contribution in [1.29, 1.82) is 0 Å². The normalized spacial score (nSPS) is 11.3. The largest absolute Gasteiger partial charge is 0.394 e. The molecule has 0 fully saturated rings. The van der Waals surface area contributed by atoms with E-state index in [4.69, 9.17) is 9.84 Å². The standard InChI is InChI=1S/C15H23N3O2/c1-2-18-14-7-4-3-6-13(14)17-15(18)12-16-8-5-10-20-11-9-19/h3-4,6-7,16,19H,2,5,8-12H2,1H3. The summed E-state index contributed by atoms with van der Waals surface area (Å²) in [5.74, 6) is 1.07. The third-order valence-electron chi connectivity index (χ3n) is 3.21. The summed E-state index contributed by atoms with van der Waals surface area (Å²) in [5.41, 5.74) is 2.25. The molecule has 0 aliphatic carbocycles. The molecule has 0 bridgehead atoms. The molecule has 5 nitrogen and oxygen atoms in total. The van der Waals surface area contributed by atoms with Crippen LogP contribution in [-0.2, 0) is 17.8 Å². The van der Waals surface area contributed by atoms with Gasteiger partial charge in [0.15, 0.2) is 0 Å². The zero-order valence-electron chi connectivity index (χ0n) is 12.0. The number of imidazole rings is 1. The number of aromatic nitrogens is 2. The molecule has 5 heteroatoms. The first kappa shape index (κ1) is 15.0. The molecule has 0 amide bonds. The Morgan fingerprint density at radius 1 is 1.30 bits per heavy atom. The highest BCUT2D eigenvalue weighted by Gasteiger charge is 2.07. The van der Waals surface area contributed by atoms with Gasteiger partial charge in [-0.1, -0.05) is 12.1 Å². The van der Waals surface area contributed by atoms with E-state index >= 15 is 0 Å². The van der Waals surface area contributed by atoms with E-state index in [1.807, 2.05) is 18.2 Å². The smallest absolute Gasteiger partial charge is 0.123 e. The molecule has 0 aliphatic rings. The molecule has 2 aromatic rings. The van der Waals surface area contributed by atoms with Crippen molar-refractivity contribution >= 4 is 11.0 Å². The van der Waals surface area contributed by atoms with E-state index in [0.29, 0.717) is 13.2 Å². The lowest BCUT2D eigenvalue weighted by molar-refractivity contribution is 0.0907. The van der Waals surface area contributed by atoms with E-state index in [9.17, 15) is 0 Å². The Hall–Kier alpha value is -1.43. The van der Waals surface area contributed by atoms with E-state index in [-0.39, 0.29) is 6.61 Å². The van der Waals surface area contributed by atoms with Gasteiger partial charge in [-0.15, -0.1) is 0 Å². The van der Waals surface area contributed by atoms with E-state index < -0.39 is 0 Å². The number of aliphatic hydroxyl groups is 1. The van der Waals surface area contributed by atoms with Gasteiger partial charge in [0.2, 0.25) is 0 Å². The van der Waals surface area contributed by atoms with Gasteiger partial charge in [-0.2, -0.15) is 0 Å². The van der Waals surface area contributed by atoms with Crippen molar-refractivity contribution in [2.75, 3.05) is 26.4 Å². The van der Waals surface area contributed by atoms with E-state index in [1.165, 1.54) is 5.52 Å². The Balaban J connectivity index is 1.83. The van der Waals surface area contributed by atoms with E-state index in [1.54, 1.807) is 0 Å². The molecular weight excluding hydrogens is 254 g/mol. The number of aliphatic hydroxyl groups excluding tert-OH is 1. The number of nitrogens with one attached hydrogen (secondary N) is 1. The van der Waals surface area contributed by atoms with Crippen LogP contribution in [0.5, 0.6) is 0 Å². The Bertz CT molecular complexity index is 525. The van der Waals surface area contributed by atoms with Crippen LogP contribution >= 0.6 is 0 Å². The summed E-state index contributed by atoms with van der Waals surface area (Å²) in [4.78, 5) is 4.67. The molecule has 2 N–H and O–H groups in total. The van der Waals surface area contributed by atoms with Crippen LogP contribution in [0.25, 0.3) is 11.0 Å². The lowest BCUT2D eigenvalue weighted by Crippen LogP contribution is -2.19. The fourth-order valence-electron chi connectivity index (χ4n) is 2.28. The van der Waals surface area contributed by atoms with Gasteiger partial charge in [-0.25, -0.2) is 4.98 Å². The molecule has 0 unspecified atom stereocenters. The summed E-state index contributed by atoms with van der Waals surface area (Å²) >= 11 is 0. The van der Waals surface area contributed by atoms with Gasteiger partial charge in [0.1, 0.15) is 5.82 Å². The number of para-hydroxylation sites is 2. The Morgan fingerprint density at radius 3 is 2.95 bits per heavy atom. The van der Waals surface area contributed by atoms with Crippen LogP contribution < -0.4 is 5.32 Å². The Morgan fingerprint density at radius 2 is 2.15 bits per heavy atom. The molecule has 1 aromatic heterocycles. The molecule has 0 saturated carbocycles. The minimum absolute atomic E-state index is 0.0912. The summed E-state index contributed by atoms with van der Waals surface area (Å²) in [7, 11) is 0. The highest BCUT2D eigenvalue weighted by atomic mass is 16.5. The van der Waals surface area contributed by atoms with Crippen molar-refractivity contribution in [2.24, 2.45) is 0 Å². The van der Waals surface area contributed by atoms with Crippen LogP contribution in [0.2, 0.25) is 0 Å². The number of hydrogen-bond donors (Lipinski definition) is 2. The monoisotopic (exact) mass is 277 g/mol. The second-order valence-electron chi connectivity index (χ2n) is 4.63. The van der Waals surface area contributed by atoms with E-state index in [2.05, 4.69) is 27.9 Å². The van der Waals surface area contributed by atoms with Crippen LogP contribution in [0.3, 0.4) is 0 Å². The first-order chi connectivity index (χ1) is 9.86. The fraction of sp³-hybridized carbons (Fsp3) is 0.533. The second kappa shape index (κ2) is 7.99. The predicted octanol–water partition coefficient (Wildman–Crippen LogP) is 1.54. The number of nitrogens with zero attached hydrogens (tertiary/aromatic N) is 2. The first-order valence-corrected chi connectivity index (χ1v) is 7.20. The van der Waals surface area contributed by atoms with Crippen molar-refractivity contribution in [3.8, 4) is 0 Å². The molecule has 1 heterocycles. The summed E-state index contributed by atoms with van der Waals surface area (Å²) in [5, 5.41) is 12.0. The highest BCUT2D eigenvalue weighted by Crippen LogP contribution is 2.15. The van der Waals surface area contributed by atoms with Crippen molar-refractivity contribution in [2.45, 2.75) is 26.4 Å². The van der Waals surface area contributed by atoms with Crippen molar-refractivity contribution < 1.29 is 9.84 Å². The maximum absolute atomic E-state index is 8.59. The quantitative estimate of drug-likeness (QED) is 0.683. The molecule has 20 heavy (non-hydrogen) atoms. The lowest BCUT2D eigenvalue weighted by Gasteiger charge is -2.07. The number of benzene rings is 1. The summed E-state index contributed by atoms with van der Waals surface area (Å²) in [6.45, 7) is 5.91. The topological polar surface area (TPSA) is 59.3 Å². The minimum Gasteiger partial charge on any atom is -0.394 e. The third-order valence-corrected chi connectivity index (χ3v) is 3.21. The average Bonchev–Trinajstić information content (AvgIpc) is 2.83. The second-order valence-corrected chi connectivity index (χ2v) is 4.63. The van der Waals surface area contributed by atoms with Gasteiger partial charge >= 0.3 is 0 Å². The summed E-state index contributed by atoms with van der Waals surface area (Å²) < 4.78 is 7.46. The number of rotatable bonds is 9. The van der Waals surface area contributed by atoms with E-state index in [0.717, 1.165) is 37.4 Å². The molecule has 0 radical (unpaired) electrons. The minimum atomic E-state index is 0.0912. The van der Waals surface area contributed by atoms with Crippen LogP contribution in [0.15, 0.2) is 24.3 Å². The molecule has 2 rings (SSSR count). The van der Waals surface area contributed by atoms with Gasteiger partial charge in [-0.05, 0) is 32.0 Å². The predicted molar refractivity (Wildman–Crippen MR) is 79.6 cm³/mol. The Kier molecular flexibility index (Phi) is 5.98. The number of ether oxygens (including phenoxy) is 1. The molecular formula is C15H23N3O2. The molecule has 0 saturated heterocycles. The van der Waals surface area contributed by atoms with Crippen molar-refractivity contribution in [1.82, 2.24) is 14.9 Å². The maximum atomic E-state index is 8.59. The molecule has 0 aliphatic heterocycles. The van der Waals surface area contributed by atoms with Crippen molar-refractivity contribution in [3.63, 3.8) is 0 Å². The third kappa shape index (κ3) is 3.79. The zero-order valence-corrected chi connectivity index (χ0v) is 12.0. The number of fused-ring (bicyclic) bond motifs is 1. The highest BCUT2D eigenvalue weighted by molar-refractivity contribution is 5.75. The molecule has 110 valence electrons. The first-order valence-electron chi connectivity index (χ1n) is 7.20. The summed E-state index contributed by atoms with van der Waals surface area (Å²) in [6, 6.07) is 8.22. The average molecular weight is 277 g/mol. The number of aryl methyl sites for hydroxylation is 1. The van der Waals surface area contributed by atoms with Gasteiger partial charge in [0.05, 0.1) is 30.8 Å². The van der Waals surface area contributed by atoms with Crippen molar-refractivity contribution in [3.05, 3.63) is 30.1 Å². The van der Waals surface area contributed by atoms with Gasteiger partial charge in [-0.3, -0.25) is 0 Å². The zero-order chi connectivity index (χ0) is 14.2. The van der Waals surface area contributed by atoms with Crippen LogP contribution in [-0.4, -0.2) is 41.0 Å². The SMILES string of the molecule is CCn1c(CNCCCOCCO)nc2ccccc21. The molecule has 0 spiro atoms. The van der Waals surface area contributed by atoms with Crippen LogP contribution in [0, 0.1) is 0 Å². The summed E-state index contributed by atoms with van der Waals surface area (Å²) in [6.07, 6.45) is 0.937. The van der Waals surface area contributed by atoms with Gasteiger partial charge in [0, 0.05) is 13.2 Å². The molecule has 1 aromatic carbocycles.